The zero-order chi connectivity index (χ0) is 14.8. The molecule has 0 unspecified atom stereocenters. The van der Waals surface area contributed by atoms with Gasteiger partial charge in [-0.25, -0.2) is 0 Å². The topological polar surface area (TPSA) is 49.6 Å². The summed E-state index contributed by atoms with van der Waals surface area (Å²) < 4.78 is 5.23. The molecule has 1 fully saturated rings. The Hall–Kier alpha value is -1.36. The summed E-state index contributed by atoms with van der Waals surface area (Å²) in [5.41, 5.74) is 0.977. The first-order chi connectivity index (χ1) is 9.33. The molecule has 1 aromatic rings. The number of aromatic nitrogens is 1. The van der Waals surface area contributed by atoms with Crippen molar-refractivity contribution in [2.45, 2.75) is 40.7 Å². The lowest BCUT2D eigenvalue weighted by atomic mass is 9.91. The highest BCUT2D eigenvalue weighted by Gasteiger charge is 2.25. The van der Waals surface area contributed by atoms with Gasteiger partial charge in [-0.1, -0.05) is 25.9 Å². The lowest BCUT2D eigenvalue weighted by Crippen LogP contribution is -2.48. The van der Waals surface area contributed by atoms with Gasteiger partial charge in [0.25, 0.3) is 0 Å². The molecule has 0 radical (unpaired) electrons. The summed E-state index contributed by atoms with van der Waals surface area (Å²) in [6.45, 7) is 12.4. The van der Waals surface area contributed by atoms with E-state index in [4.69, 9.17) is 4.52 Å². The summed E-state index contributed by atoms with van der Waals surface area (Å²) in [6.07, 6.45) is 0.619. The van der Waals surface area contributed by atoms with Crippen LogP contribution in [0.3, 0.4) is 0 Å². The normalized spacial score (nSPS) is 17.5. The Morgan fingerprint density at radius 1 is 1.30 bits per heavy atom. The van der Waals surface area contributed by atoms with Crippen molar-refractivity contribution in [2.24, 2.45) is 5.41 Å². The molecule has 1 aliphatic rings. The largest absolute Gasteiger partial charge is 0.360 e. The second-order valence-corrected chi connectivity index (χ2v) is 6.83. The molecule has 2 heterocycles. The van der Waals surface area contributed by atoms with Crippen LogP contribution in [-0.4, -0.2) is 47.0 Å². The van der Waals surface area contributed by atoms with E-state index in [9.17, 15) is 4.79 Å². The second kappa shape index (κ2) is 5.95. The molecule has 5 nitrogen and oxygen atoms in total. The van der Waals surface area contributed by atoms with Crippen molar-refractivity contribution in [3.8, 4) is 0 Å². The van der Waals surface area contributed by atoms with E-state index in [2.05, 4.69) is 30.8 Å². The molecule has 112 valence electrons. The molecule has 2 rings (SSSR count). The quantitative estimate of drug-likeness (QED) is 0.850. The molecule has 0 atom stereocenters. The molecule has 0 saturated carbocycles. The molecule has 0 spiro atoms. The highest BCUT2D eigenvalue weighted by molar-refractivity contribution is 5.76. The summed E-state index contributed by atoms with van der Waals surface area (Å²) in [4.78, 5) is 16.4. The van der Waals surface area contributed by atoms with Crippen molar-refractivity contribution >= 4 is 5.91 Å². The maximum absolute atomic E-state index is 12.2. The van der Waals surface area contributed by atoms with E-state index in [0.717, 1.165) is 44.2 Å². The fourth-order valence-corrected chi connectivity index (χ4v) is 2.43. The zero-order valence-corrected chi connectivity index (χ0v) is 13.0. The number of hydrogen-bond acceptors (Lipinski definition) is 4. The van der Waals surface area contributed by atoms with Crippen LogP contribution in [0.5, 0.6) is 0 Å². The number of piperazine rings is 1. The van der Waals surface area contributed by atoms with Gasteiger partial charge in [-0.05, 0) is 12.3 Å². The Labute approximate surface area is 120 Å². The Balaban J connectivity index is 1.79. The van der Waals surface area contributed by atoms with E-state index in [-0.39, 0.29) is 11.3 Å². The third-order valence-electron chi connectivity index (χ3n) is 3.46. The van der Waals surface area contributed by atoms with Gasteiger partial charge >= 0.3 is 0 Å². The van der Waals surface area contributed by atoms with Gasteiger partial charge in [0, 0.05) is 38.7 Å². The van der Waals surface area contributed by atoms with Crippen molar-refractivity contribution in [1.82, 2.24) is 15.0 Å². The molecule has 1 amide bonds. The number of amides is 1. The fourth-order valence-electron chi connectivity index (χ4n) is 2.43. The maximum Gasteiger partial charge on any atom is 0.223 e. The lowest BCUT2D eigenvalue weighted by molar-refractivity contribution is -0.134. The Kier molecular flexibility index (Phi) is 4.48. The summed E-state index contributed by atoms with van der Waals surface area (Å²) in [6, 6.07) is 1.97. The first-order valence-corrected chi connectivity index (χ1v) is 7.26. The average Bonchev–Trinajstić information content (AvgIpc) is 2.73. The van der Waals surface area contributed by atoms with Gasteiger partial charge in [0.15, 0.2) is 5.76 Å². The molecule has 0 bridgehead atoms. The summed E-state index contributed by atoms with van der Waals surface area (Å²) in [5, 5.41) is 3.90. The first-order valence-electron chi connectivity index (χ1n) is 7.26. The van der Waals surface area contributed by atoms with Gasteiger partial charge in [0.1, 0.15) is 0 Å². The predicted octanol–water partition coefficient (Wildman–Crippen LogP) is 2.06. The number of rotatable bonds is 3. The third kappa shape index (κ3) is 4.34. The summed E-state index contributed by atoms with van der Waals surface area (Å²) in [5.74, 6) is 1.17. The third-order valence-corrected chi connectivity index (χ3v) is 3.46. The van der Waals surface area contributed by atoms with E-state index in [1.165, 1.54) is 0 Å². The minimum absolute atomic E-state index is 0.0611. The van der Waals surface area contributed by atoms with Crippen LogP contribution in [0.1, 0.15) is 38.6 Å². The molecule has 1 saturated heterocycles. The van der Waals surface area contributed by atoms with E-state index in [1.807, 2.05) is 17.9 Å². The standard InChI is InChI=1S/C15H25N3O2/c1-12-9-13(20-16-12)11-17-5-7-18(8-6-17)14(19)10-15(2,3)4/h9H,5-8,10-11H2,1-4H3. The van der Waals surface area contributed by atoms with Gasteiger partial charge in [0.2, 0.25) is 5.91 Å². The van der Waals surface area contributed by atoms with Gasteiger partial charge in [-0.15, -0.1) is 0 Å². The van der Waals surface area contributed by atoms with Crippen LogP contribution in [0.4, 0.5) is 0 Å². The van der Waals surface area contributed by atoms with Crippen LogP contribution in [-0.2, 0) is 11.3 Å². The summed E-state index contributed by atoms with van der Waals surface area (Å²) >= 11 is 0. The molecule has 0 aliphatic carbocycles. The van der Waals surface area contributed by atoms with Crippen molar-refractivity contribution < 1.29 is 9.32 Å². The Bertz CT molecular complexity index is 454. The zero-order valence-electron chi connectivity index (χ0n) is 13.0. The number of hydrogen-bond donors (Lipinski definition) is 0. The average molecular weight is 279 g/mol. The maximum atomic E-state index is 12.2. The molecule has 5 heteroatoms. The fraction of sp³-hybridized carbons (Fsp3) is 0.733. The Morgan fingerprint density at radius 2 is 1.95 bits per heavy atom. The van der Waals surface area contributed by atoms with Crippen LogP contribution in [0.15, 0.2) is 10.6 Å². The first kappa shape index (κ1) is 15.0. The van der Waals surface area contributed by atoms with Crippen LogP contribution in [0.25, 0.3) is 0 Å². The minimum atomic E-state index is 0.0611. The van der Waals surface area contributed by atoms with Gasteiger partial charge in [-0.3, -0.25) is 9.69 Å². The highest BCUT2D eigenvalue weighted by Crippen LogP contribution is 2.20. The van der Waals surface area contributed by atoms with Gasteiger partial charge in [-0.2, -0.15) is 0 Å². The molecular weight excluding hydrogens is 254 g/mol. The SMILES string of the molecule is Cc1cc(CN2CCN(C(=O)CC(C)(C)C)CC2)on1. The van der Waals surface area contributed by atoms with E-state index in [1.54, 1.807) is 0 Å². The molecule has 1 aromatic heterocycles. The monoisotopic (exact) mass is 279 g/mol. The van der Waals surface area contributed by atoms with Crippen molar-refractivity contribution in [3.63, 3.8) is 0 Å². The van der Waals surface area contributed by atoms with E-state index >= 15 is 0 Å². The predicted molar refractivity (Wildman–Crippen MR) is 77.2 cm³/mol. The molecule has 1 aliphatic heterocycles. The number of carbonyl (C=O) groups is 1. The molecule has 0 N–H and O–H groups in total. The number of carbonyl (C=O) groups excluding carboxylic acids is 1. The van der Waals surface area contributed by atoms with Gasteiger partial charge < -0.3 is 9.42 Å². The highest BCUT2D eigenvalue weighted by atomic mass is 16.5. The van der Waals surface area contributed by atoms with Crippen molar-refractivity contribution in [2.75, 3.05) is 26.2 Å². The van der Waals surface area contributed by atoms with E-state index < -0.39 is 0 Å². The van der Waals surface area contributed by atoms with Crippen LogP contribution in [0, 0.1) is 12.3 Å². The second-order valence-electron chi connectivity index (χ2n) is 6.83. The van der Waals surface area contributed by atoms with Crippen molar-refractivity contribution in [3.05, 3.63) is 17.5 Å². The van der Waals surface area contributed by atoms with Crippen LogP contribution in [0.2, 0.25) is 0 Å². The molecular formula is C15H25N3O2. The van der Waals surface area contributed by atoms with E-state index in [0.29, 0.717) is 6.42 Å². The van der Waals surface area contributed by atoms with Gasteiger partial charge in [0.05, 0.1) is 12.2 Å². The summed E-state index contributed by atoms with van der Waals surface area (Å²) in [7, 11) is 0. The van der Waals surface area contributed by atoms with Crippen LogP contribution >= 0.6 is 0 Å². The minimum Gasteiger partial charge on any atom is -0.360 e. The Morgan fingerprint density at radius 3 is 2.45 bits per heavy atom. The number of nitrogens with zero attached hydrogens (tertiary/aromatic N) is 3. The smallest absolute Gasteiger partial charge is 0.223 e. The number of aryl methyl sites for hydroxylation is 1. The molecule has 0 aromatic carbocycles. The van der Waals surface area contributed by atoms with Crippen LogP contribution < -0.4 is 0 Å². The van der Waals surface area contributed by atoms with Crippen molar-refractivity contribution in [1.29, 1.82) is 0 Å². The molecule has 20 heavy (non-hydrogen) atoms. The lowest BCUT2D eigenvalue weighted by Gasteiger charge is -2.35.